The van der Waals surface area contributed by atoms with E-state index in [1.807, 2.05) is 0 Å². The summed E-state index contributed by atoms with van der Waals surface area (Å²) in [5.74, 6) is 4.29. The van der Waals surface area contributed by atoms with Gasteiger partial charge in [0.25, 0.3) is 0 Å². The molecule has 337 valence electrons. The minimum absolute atomic E-state index is 0. The molecule has 0 amide bonds. The molecule has 4 saturated carbocycles. The van der Waals surface area contributed by atoms with Gasteiger partial charge in [-0.2, -0.15) is 0 Å². The molecule has 8 heteroatoms. The van der Waals surface area contributed by atoms with Crippen molar-refractivity contribution in [3.05, 3.63) is 19.5 Å². The number of rotatable bonds is 6. The number of hydrogen-bond acceptors (Lipinski definition) is 0. The van der Waals surface area contributed by atoms with Crippen molar-refractivity contribution >= 4 is 50.2 Å². The summed E-state index contributed by atoms with van der Waals surface area (Å²) >= 11 is 0. The minimum Gasteiger partial charge on any atom is -0.672 e. The molecule has 4 aliphatic carbocycles. The summed E-state index contributed by atoms with van der Waals surface area (Å²) in [6.45, 7) is 61.3. The Morgan fingerprint density at radius 3 is 0.643 bits per heavy atom. The molecular weight excluding hydrogens is 916 g/mol. The van der Waals surface area contributed by atoms with Gasteiger partial charge >= 0.3 is 39.9 Å². The first-order valence-corrected chi connectivity index (χ1v) is 41.2. The van der Waals surface area contributed by atoms with Crippen LogP contribution in [0.2, 0.25) is 121 Å². The Hall–Kier alpha value is 2.59. The maximum absolute atomic E-state index is 4.56. The second kappa shape index (κ2) is 22.0. The second-order valence-electron chi connectivity index (χ2n) is 26.3. The number of fused-ring (bicyclic) bond motifs is 2. The first-order chi connectivity index (χ1) is 23.5. The molecule has 0 aromatic carbocycles. The third kappa shape index (κ3) is 13.8. The van der Waals surface area contributed by atoms with E-state index in [1.54, 1.807) is 38.5 Å². The summed E-state index contributed by atoms with van der Waals surface area (Å²) in [4.78, 5) is 0. The Bertz CT molecular complexity index is 968. The van der Waals surface area contributed by atoms with Gasteiger partial charge in [0.15, 0.2) is 0 Å². The van der Waals surface area contributed by atoms with E-state index >= 15 is 0 Å². The van der Waals surface area contributed by atoms with Crippen molar-refractivity contribution in [2.45, 2.75) is 268 Å². The third-order valence-corrected chi connectivity index (χ3v) is 49.2. The van der Waals surface area contributed by atoms with Crippen molar-refractivity contribution in [3.8, 4) is 0 Å². The first kappa shape index (κ1) is 60.7. The van der Waals surface area contributed by atoms with Crippen molar-refractivity contribution in [3.63, 3.8) is 0 Å². The van der Waals surface area contributed by atoms with E-state index in [0.717, 1.165) is 45.8 Å². The predicted molar refractivity (Wildman–Crippen MR) is 278 cm³/mol. The van der Waals surface area contributed by atoms with E-state index in [0.29, 0.717) is 20.2 Å². The first-order valence-electron chi connectivity index (χ1n) is 23.2. The van der Waals surface area contributed by atoms with Crippen LogP contribution < -0.4 is 0 Å². The molecule has 0 N–H and O–H groups in total. The van der Waals surface area contributed by atoms with E-state index in [1.165, 1.54) is 25.7 Å². The number of hydrogen-bond donors (Lipinski definition) is 0. The smallest absolute Gasteiger partial charge is 0.672 e. The molecule has 0 spiro atoms. The summed E-state index contributed by atoms with van der Waals surface area (Å²) < 4.78 is 4.56. The van der Waals surface area contributed by atoms with Gasteiger partial charge in [-0.15, -0.1) is 0 Å². The van der Waals surface area contributed by atoms with Crippen molar-refractivity contribution in [2.75, 3.05) is 0 Å². The summed E-state index contributed by atoms with van der Waals surface area (Å²) in [5.41, 5.74) is 4.30. The topological polar surface area (TPSA) is 14.1 Å². The average molecular weight is 1030 g/mol. The van der Waals surface area contributed by atoms with E-state index in [9.17, 15) is 0 Å². The largest absolute Gasteiger partial charge is 3.00 e. The molecule has 0 aromatic heterocycles. The standard InChI is InChI=1S/2C21H44Si2.C4H14NSi2.2CH3.Gd/c2*1-20(2,3)22(7,8)18-15-19(23(9,10)21(4,5)6)17-14-12-11-13-16(17)18;1-6(2)5-7(3)4;;;/h2*16-19H,11-15H2,1-10H3;6-7H,1-4H3;2*1H3;/q;;3*-1;+3. The van der Waals surface area contributed by atoms with Gasteiger partial charge in [-0.3, -0.25) is 0 Å². The molecule has 0 aliphatic heterocycles. The zero-order chi connectivity index (χ0) is 41.6. The van der Waals surface area contributed by atoms with E-state index in [2.05, 4.69) is 166 Å². The van der Waals surface area contributed by atoms with Crippen LogP contribution in [0, 0.1) is 78.5 Å². The van der Waals surface area contributed by atoms with Crippen LogP contribution in [0.1, 0.15) is 147 Å². The van der Waals surface area contributed by atoms with Gasteiger partial charge in [0.2, 0.25) is 0 Å². The van der Waals surface area contributed by atoms with Gasteiger partial charge in [0.1, 0.15) is 0 Å². The summed E-state index contributed by atoms with van der Waals surface area (Å²) in [5, 5.41) is 2.17. The Morgan fingerprint density at radius 2 is 0.536 bits per heavy atom. The Balaban J connectivity index is 0. The molecule has 8 atom stereocenters. The van der Waals surface area contributed by atoms with Crippen molar-refractivity contribution in [1.82, 2.24) is 0 Å². The zero-order valence-corrected chi connectivity index (χ0v) is 52.2. The molecule has 1 radical (unpaired) electrons. The predicted octanol–water partition coefficient (Wildman–Crippen LogP) is 18.1. The van der Waals surface area contributed by atoms with Gasteiger partial charge in [0.05, 0.1) is 32.3 Å². The minimum atomic E-state index is -1.24. The molecule has 4 rings (SSSR count). The Morgan fingerprint density at radius 1 is 0.375 bits per heavy atom. The fourth-order valence-corrected chi connectivity index (χ4v) is 30.8. The fourth-order valence-electron chi connectivity index (χ4n) is 11.8. The second-order valence-corrected chi connectivity index (χ2v) is 54.7. The molecular formula is C48H108GdNSi6. The van der Waals surface area contributed by atoms with Crippen molar-refractivity contribution in [2.24, 2.45) is 23.7 Å². The molecule has 0 saturated heterocycles. The average Bonchev–Trinajstić information content (AvgIpc) is 3.56. The quantitative estimate of drug-likeness (QED) is 0.186. The Kier molecular flexibility index (Phi) is 23.8. The Labute approximate surface area is 397 Å². The monoisotopic (exact) mass is 1020 g/mol. The van der Waals surface area contributed by atoms with Crippen LogP contribution in [0.15, 0.2) is 0 Å². The maximum atomic E-state index is 4.56. The van der Waals surface area contributed by atoms with Gasteiger partial charge in [0, 0.05) is 0 Å². The molecule has 1 nitrogen and oxygen atoms in total. The zero-order valence-electron chi connectivity index (χ0n) is 43.6. The maximum Gasteiger partial charge on any atom is 3.00 e. The fraction of sp³-hybridized carbons (Fsp3) is 0.958. The number of nitrogens with zero attached hydrogens (tertiary/aromatic N) is 1. The van der Waals surface area contributed by atoms with Gasteiger partial charge in [-0.1, -0.05) is 244 Å². The molecule has 56 heavy (non-hydrogen) atoms. The SMILES string of the molecule is CC(C)(C)[Si](C)(C)C1CC([Si](C)(C)C(C)(C)C)C2CCCCC21.CC(C)(C)[Si](C)(C)C1CC([Si](C)(C)C(C)(C)C)C2CCCCC21.C[SiH](C)[N-][SiH](C)C.[CH3-].[CH3-].[Gd+3]. The van der Waals surface area contributed by atoms with Gasteiger partial charge in [-0.25, -0.2) is 0 Å². The van der Waals surface area contributed by atoms with Crippen LogP contribution in [0.4, 0.5) is 0 Å². The summed E-state index contributed by atoms with van der Waals surface area (Å²) in [7, 11) is -6.03. The van der Waals surface area contributed by atoms with E-state index < -0.39 is 50.2 Å². The molecule has 0 aromatic rings. The third-order valence-electron chi connectivity index (χ3n) is 18.9. The van der Waals surface area contributed by atoms with Crippen molar-refractivity contribution in [1.29, 1.82) is 0 Å². The molecule has 4 aliphatic rings. The van der Waals surface area contributed by atoms with Gasteiger partial charge < -0.3 is 19.5 Å². The van der Waals surface area contributed by atoms with Crippen LogP contribution in [-0.4, -0.2) is 50.2 Å². The molecule has 0 bridgehead atoms. The summed E-state index contributed by atoms with van der Waals surface area (Å²) in [6, 6.07) is 0. The van der Waals surface area contributed by atoms with Crippen LogP contribution in [-0.2, 0) is 0 Å². The van der Waals surface area contributed by atoms with E-state index in [-0.39, 0.29) is 54.8 Å². The van der Waals surface area contributed by atoms with Crippen LogP contribution in [0.3, 0.4) is 0 Å². The van der Waals surface area contributed by atoms with Crippen LogP contribution in [0.5, 0.6) is 0 Å². The van der Waals surface area contributed by atoms with Crippen LogP contribution >= 0.6 is 0 Å². The molecule has 8 unspecified atom stereocenters. The van der Waals surface area contributed by atoms with E-state index in [4.69, 9.17) is 0 Å². The van der Waals surface area contributed by atoms with Crippen LogP contribution in [0.25, 0.3) is 4.65 Å². The van der Waals surface area contributed by atoms with Gasteiger partial charge in [-0.05, 0) is 66.0 Å². The molecule has 0 heterocycles. The normalized spacial score (nSPS) is 29.0. The molecule has 4 fully saturated rings. The summed E-state index contributed by atoms with van der Waals surface area (Å²) in [6.07, 6.45) is 15.4. The van der Waals surface area contributed by atoms with Crippen molar-refractivity contribution < 1.29 is 39.9 Å².